The molecular weight excluding hydrogens is 325 g/mol. The summed E-state index contributed by atoms with van der Waals surface area (Å²) in [5.41, 5.74) is 0.862. The minimum Gasteiger partial charge on any atom is -0.493 e. The van der Waals surface area contributed by atoms with Crippen LogP contribution in [-0.4, -0.2) is 30.1 Å². The molecule has 5 nitrogen and oxygen atoms in total. The van der Waals surface area contributed by atoms with Crippen molar-refractivity contribution in [3.05, 3.63) is 29.1 Å². The maximum atomic E-state index is 14.4. The van der Waals surface area contributed by atoms with Crippen LogP contribution in [0.4, 0.5) is 4.39 Å². The number of carboxylic acids is 1. The first kappa shape index (κ1) is 17.7. The van der Waals surface area contributed by atoms with Crippen molar-refractivity contribution in [1.82, 2.24) is 5.32 Å². The van der Waals surface area contributed by atoms with Gasteiger partial charge in [-0.05, 0) is 43.2 Å². The Hall–Kier alpha value is -2.11. The van der Waals surface area contributed by atoms with Crippen molar-refractivity contribution < 1.29 is 23.8 Å². The average molecular weight is 349 g/mol. The van der Waals surface area contributed by atoms with Crippen molar-refractivity contribution in [2.75, 3.05) is 13.2 Å². The third-order valence-electron chi connectivity index (χ3n) is 5.15. The topological polar surface area (TPSA) is 75.6 Å². The van der Waals surface area contributed by atoms with Crippen LogP contribution >= 0.6 is 0 Å². The highest BCUT2D eigenvalue weighted by atomic mass is 19.1. The molecule has 0 aromatic heterocycles. The third kappa shape index (κ3) is 4.30. The Balaban J connectivity index is 1.78. The SMILES string of the molecule is CC1(COc2cc(F)c(C(=O)NCC(=O)O)cc2C2CC2)CCCC1. The fourth-order valence-corrected chi connectivity index (χ4v) is 3.46. The zero-order chi connectivity index (χ0) is 18.0. The Morgan fingerprint density at radius 2 is 2.00 bits per heavy atom. The van der Waals surface area contributed by atoms with E-state index in [0.717, 1.165) is 31.2 Å². The molecule has 0 bridgehead atoms. The Morgan fingerprint density at radius 3 is 2.60 bits per heavy atom. The molecule has 1 aromatic rings. The molecular formula is C19H24FNO4. The third-order valence-corrected chi connectivity index (χ3v) is 5.15. The van der Waals surface area contributed by atoms with E-state index in [2.05, 4.69) is 12.2 Å². The maximum absolute atomic E-state index is 14.4. The van der Waals surface area contributed by atoms with Gasteiger partial charge in [0.05, 0.1) is 12.2 Å². The fraction of sp³-hybridized carbons (Fsp3) is 0.579. The summed E-state index contributed by atoms with van der Waals surface area (Å²) in [6.07, 6.45) is 6.62. The van der Waals surface area contributed by atoms with E-state index in [9.17, 15) is 14.0 Å². The Bertz CT molecular complexity index is 678. The number of rotatable bonds is 7. The lowest BCUT2D eigenvalue weighted by atomic mass is 9.90. The van der Waals surface area contributed by atoms with Crippen LogP contribution in [0.25, 0.3) is 0 Å². The quantitative estimate of drug-likeness (QED) is 0.790. The van der Waals surface area contributed by atoms with Gasteiger partial charge in [-0.15, -0.1) is 0 Å². The van der Waals surface area contributed by atoms with E-state index in [4.69, 9.17) is 9.84 Å². The molecule has 6 heteroatoms. The lowest BCUT2D eigenvalue weighted by molar-refractivity contribution is -0.135. The van der Waals surface area contributed by atoms with Crippen LogP contribution in [0.5, 0.6) is 5.75 Å². The molecule has 3 rings (SSSR count). The lowest BCUT2D eigenvalue weighted by Gasteiger charge is -2.24. The summed E-state index contributed by atoms with van der Waals surface area (Å²) < 4.78 is 20.4. The van der Waals surface area contributed by atoms with Crippen molar-refractivity contribution in [3.8, 4) is 5.75 Å². The monoisotopic (exact) mass is 349 g/mol. The molecule has 25 heavy (non-hydrogen) atoms. The highest BCUT2D eigenvalue weighted by Gasteiger charge is 2.32. The standard InChI is InChI=1S/C19H24FNO4/c1-19(6-2-3-7-19)11-25-16-9-15(20)14(8-13(16)12-4-5-12)18(24)21-10-17(22)23/h8-9,12H,2-7,10-11H2,1H3,(H,21,24)(H,22,23). The molecule has 2 aliphatic rings. The first-order valence-electron chi connectivity index (χ1n) is 8.84. The van der Waals surface area contributed by atoms with Crippen molar-refractivity contribution in [1.29, 1.82) is 0 Å². The number of aliphatic carboxylic acids is 1. The second-order valence-corrected chi connectivity index (χ2v) is 7.53. The second kappa shape index (κ2) is 7.02. The van der Waals surface area contributed by atoms with Gasteiger partial charge >= 0.3 is 5.97 Å². The Labute approximate surface area is 146 Å². The predicted molar refractivity (Wildman–Crippen MR) is 90.4 cm³/mol. The molecule has 2 aliphatic carbocycles. The van der Waals surface area contributed by atoms with E-state index in [1.807, 2.05) is 0 Å². The fourth-order valence-electron chi connectivity index (χ4n) is 3.46. The van der Waals surface area contributed by atoms with Crippen LogP contribution in [-0.2, 0) is 4.79 Å². The van der Waals surface area contributed by atoms with Crippen molar-refractivity contribution in [3.63, 3.8) is 0 Å². The highest BCUT2D eigenvalue weighted by Crippen LogP contribution is 2.46. The first-order valence-corrected chi connectivity index (χ1v) is 8.84. The van der Waals surface area contributed by atoms with Gasteiger partial charge in [-0.2, -0.15) is 0 Å². The van der Waals surface area contributed by atoms with Crippen LogP contribution in [0.2, 0.25) is 0 Å². The first-order chi connectivity index (χ1) is 11.9. The summed E-state index contributed by atoms with van der Waals surface area (Å²) in [6.45, 7) is 2.21. The summed E-state index contributed by atoms with van der Waals surface area (Å²) in [5.74, 6) is -1.75. The van der Waals surface area contributed by atoms with E-state index in [-0.39, 0.29) is 16.9 Å². The smallest absolute Gasteiger partial charge is 0.322 e. The molecule has 2 saturated carbocycles. The number of hydrogen-bond acceptors (Lipinski definition) is 3. The van der Waals surface area contributed by atoms with Crippen LogP contribution < -0.4 is 10.1 Å². The van der Waals surface area contributed by atoms with Crippen LogP contribution in [0.3, 0.4) is 0 Å². The summed E-state index contributed by atoms with van der Waals surface area (Å²) in [5, 5.41) is 10.9. The number of carbonyl (C=O) groups excluding carboxylic acids is 1. The van der Waals surface area contributed by atoms with Gasteiger partial charge in [-0.1, -0.05) is 19.8 Å². The van der Waals surface area contributed by atoms with Gasteiger partial charge in [0.15, 0.2) is 0 Å². The van der Waals surface area contributed by atoms with Gasteiger partial charge in [0.25, 0.3) is 5.91 Å². The molecule has 0 aliphatic heterocycles. The number of amides is 1. The largest absolute Gasteiger partial charge is 0.493 e. The summed E-state index contributed by atoms with van der Waals surface area (Å²) in [7, 11) is 0. The van der Waals surface area contributed by atoms with E-state index in [0.29, 0.717) is 12.4 Å². The van der Waals surface area contributed by atoms with Crippen LogP contribution in [0.15, 0.2) is 12.1 Å². The molecule has 0 radical (unpaired) electrons. The van der Waals surface area contributed by atoms with Gasteiger partial charge in [0.2, 0.25) is 0 Å². The second-order valence-electron chi connectivity index (χ2n) is 7.53. The minimum atomic E-state index is -1.17. The number of halogens is 1. The zero-order valence-corrected chi connectivity index (χ0v) is 14.4. The van der Waals surface area contributed by atoms with Crippen LogP contribution in [0.1, 0.15) is 67.3 Å². The van der Waals surface area contributed by atoms with E-state index in [1.165, 1.54) is 25.0 Å². The number of carboxylic acid groups (broad SMARTS) is 1. The zero-order valence-electron chi connectivity index (χ0n) is 14.4. The van der Waals surface area contributed by atoms with Crippen molar-refractivity contribution in [2.24, 2.45) is 5.41 Å². The maximum Gasteiger partial charge on any atom is 0.322 e. The molecule has 0 atom stereocenters. The van der Waals surface area contributed by atoms with Gasteiger partial charge in [-0.25, -0.2) is 4.39 Å². The molecule has 0 saturated heterocycles. The van der Waals surface area contributed by atoms with Gasteiger partial charge in [0.1, 0.15) is 18.1 Å². The molecule has 2 N–H and O–H groups in total. The van der Waals surface area contributed by atoms with E-state index < -0.39 is 24.2 Å². The summed E-state index contributed by atoms with van der Waals surface area (Å²) in [4.78, 5) is 22.6. The molecule has 0 heterocycles. The van der Waals surface area contributed by atoms with Gasteiger partial charge in [0, 0.05) is 11.5 Å². The number of nitrogens with one attached hydrogen (secondary N) is 1. The van der Waals surface area contributed by atoms with Crippen molar-refractivity contribution in [2.45, 2.75) is 51.4 Å². The molecule has 1 aromatic carbocycles. The van der Waals surface area contributed by atoms with E-state index in [1.54, 1.807) is 0 Å². The summed E-state index contributed by atoms with van der Waals surface area (Å²) in [6, 6.07) is 2.80. The number of ether oxygens (including phenoxy) is 1. The number of benzene rings is 1. The molecule has 0 spiro atoms. The lowest BCUT2D eigenvalue weighted by Crippen LogP contribution is -2.30. The predicted octanol–water partition coefficient (Wildman–Crippen LogP) is 3.48. The molecule has 0 unspecified atom stereocenters. The average Bonchev–Trinajstić information content (AvgIpc) is 3.32. The van der Waals surface area contributed by atoms with Gasteiger partial charge in [-0.3, -0.25) is 9.59 Å². The summed E-state index contributed by atoms with van der Waals surface area (Å²) >= 11 is 0. The van der Waals surface area contributed by atoms with E-state index >= 15 is 0 Å². The number of hydrogen-bond donors (Lipinski definition) is 2. The molecule has 1 amide bonds. The highest BCUT2D eigenvalue weighted by molar-refractivity contribution is 5.96. The molecule has 2 fully saturated rings. The minimum absolute atomic E-state index is 0.123. The Morgan fingerprint density at radius 1 is 1.32 bits per heavy atom. The molecule has 136 valence electrons. The Kier molecular flexibility index (Phi) is 4.97. The normalized spacial score (nSPS) is 18.8. The van der Waals surface area contributed by atoms with Crippen molar-refractivity contribution >= 4 is 11.9 Å². The van der Waals surface area contributed by atoms with Gasteiger partial charge < -0.3 is 15.2 Å². The van der Waals surface area contributed by atoms with Crippen LogP contribution in [0, 0.1) is 11.2 Å². The number of carbonyl (C=O) groups is 2.